The van der Waals surface area contributed by atoms with Gasteiger partial charge in [0.15, 0.2) is 5.58 Å². The molecule has 220 valence electrons. The molecule has 0 unspecified atom stereocenters. The molecule has 0 aliphatic rings. The van der Waals surface area contributed by atoms with Crippen molar-refractivity contribution in [1.82, 2.24) is 14.1 Å². The summed E-state index contributed by atoms with van der Waals surface area (Å²) in [6.07, 6.45) is 1.84. The van der Waals surface area contributed by atoms with Crippen LogP contribution in [0.3, 0.4) is 0 Å². The highest BCUT2D eigenvalue weighted by Crippen LogP contribution is 2.40. The fourth-order valence-electron chi connectivity index (χ4n) is 7.23. The summed E-state index contributed by atoms with van der Waals surface area (Å²) in [4.78, 5) is 4.52. The van der Waals surface area contributed by atoms with Crippen LogP contribution in [0.25, 0.3) is 88.5 Å². The summed E-state index contributed by atoms with van der Waals surface area (Å²) >= 11 is 0. The van der Waals surface area contributed by atoms with Crippen molar-refractivity contribution in [3.05, 3.63) is 164 Å². The number of benzene rings is 6. The SMILES string of the molecule is c1ccc(-c2ccc(-n3c4ccccc4c4cc(-c5ccc(-n6c7ccccc7c7oc8ccccc8c76)cc5)ccc43)cc2)nc1. The second-order valence-corrected chi connectivity index (χ2v) is 12.0. The number of rotatable bonds is 4. The molecule has 10 aromatic rings. The number of furan rings is 1. The van der Waals surface area contributed by atoms with Crippen molar-refractivity contribution in [1.29, 1.82) is 0 Å². The number of aromatic nitrogens is 3. The van der Waals surface area contributed by atoms with E-state index in [4.69, 9.17) is 4.42 Å². The molecule has 0 spiro atoms. The van der Waals surface area contributed by atoms with Gasteiger partial charge in [0, 0.05) is 44.7 Å². The average molecular weight is 602 g/mol. The number of hydrogen-bond donors (Lipinski definition) is 0. The van der Waals surface area contributed by atoms with Crippen molar-refractivity contribution in [2.24, 2.45) is 0 Å². The zero-order valence-electron chi connectivity index (χ0n) is 25.3. The molecule has 0 radical (unpaired) electrons. The lowest BCUT2D eigenvalue weighted by Gasteiger charge is -2.10. The monoisotopic (exact) mass is 601 g/mol. The van der Waals surface area contributed by atoms with Crippen molar-refractivity contribution < 1.29 is 4.42 Å². The van der Waals surface area contributed by atoms with Crippen molar-refractivity contribution in [2.45, 2.75) is 0 Å². The lowest BCUT2D eigenvalue weighted by molar-refractivity contribution is 0.673. The van der Waals surface area contributed by atoms with Gasteiger partial charge in [0.05, 0.1) is 22.2 Å². The molecule has 0 aliphatic heterocycles. The van der Waals surface area contributed by atoms with Crippen LogP contribution in [-0.2, 0) is 0 Å². The first kappa shape index (κ1) is 25.9. The van der Waals surface area contributed by atoms with Gasteiger partial charge in [0.1, 0.15) is 11.1 Å². The third kappa shape index (κ3) is 3.92. The Kier molecular flexibility index (Phi) is 5.54. The Morgan fingerprint density at radius 2 is 1.02 bits per heavy atom. The molecule has 0 bridgehead atoms. The Balaban J connectivity index is 1.08. The first-order chi connectivity index (χ1) is 23.3. The fraction of sp³-hybridized carbons (Fsp3) is 0. The van der Waals surface area contributed by atoms with E-state index >= 15 is 0 Å². The normalized spacial score (nSPS) is 11.8. The Bertz CT molecular complexity index is 2760. The number of pyridine rings is 1. The minimum absolute atomic E-state index is 0.908. The molecule has 0 saturated carbocycles. The van der Waals surface area contributed by atoms with Gasteiger partial charge in [-0.2, -0.15) is 0 Å². The molecule has 0 atom stereocenters. The number of nitrogens with zero attached hydrogens (tertiary/aromatic N) is 3. The molecular weight excluding hydrogens is 574 g/mol. The van der Waals surface area contributed by atoms with Gasteiger partial charge in [0.2, 0.25) is 0 Å². The first-order valence-electron chi connectivity index (χ1n) is 15.9. The van der Waals surface area contributed by atoms with Crippen LogP contribution in [0, 0.1) is 0 Å². The predicted molar refractivity (Wildman–Crippen MR) is 194 cm³/mol. The zero-order valence-corrected chi connectivity index (χ0v) is 25.3. The van der Waals surface area contributed by atoms with E-state index in [0.29, 0.717) is 0 Å². The van der Waals surface area contributed by atoms with Crippen LogP contribution >= 0.6 is 0 Å². The summed E-state index contributed by atoms with van der Waals surface area (Å²) in [5.41, 5.74) is 13.2. The number of fused-ring (bicyclic) bond motifs is 8. The molecule has 4 aromatic heterocycles. The van der Waals surface area contributed by atoms with Gasteiger partial charge < -0.3 is 13.6 Å². The quantitative estimate of drug-likeness (QED) is 0.201. The van der Waals surface area contributed by atoms with Crippen molar-refractivity contribution in [2.75, 3.05) is 0 Å². The Morgan fingerprint density at radius 1 is 0.426 bits per heavy atom. The van der Waals surface area contributed by atoms with Gasteiger partial charge in [-0.15, -0.1) is 0 Å². The highest BCUT2D eigenvalue weighted by molar-refractivity contribution is 6.16. The smallest absolute Gasteiger partial charge is 0.161 e. The van der Waals surface area contributed by atoms with Gasteiger partial charge in [-0.3, -0.25) is 4.98 Å². The molecule has 0 N–H and O–H groups in total. The van der Waals surface area contributed by atoms with E-state index in [1.165, 1.54) is 32.9 Å². The van der Waals surface area contributed by atoms with Crippen LogP contribution in [0.1, 0.15) is 0 Å². The van der Waals surface area contributed by atoms with Crippen LogP contribution in [0.15, 0.2) is 168 Å². The number of para-hydroxylation sites is 3. The summed E-state index contributed by atoms with van der Waals surface area (Å²) in [6.45, 7) is 0. The standard InChI is InChI=1S/C43H27N3O/c1-4-13-38-33(9-1)36-27-30(20-25-40(36)45(38)31-23-18-29(19-24-31)37-12-7-8-26-44-37)28-16-21-32(22-17-28)46-39-14-5-2-10-34(39)43-42(46)35-11-3-6-15-41(35)47-43/h1-27H. The second kappa shape index (κ2) is 10.1. The highest BCUT2D eigenvalue weighted by atomic mass is 16.3. The maximum absolute atomic E-state index is 6.37. The molecule has 4 heteroatoms. The third-order valence-corrected chi connectivity index (χ3v) is 9.40. The zero-order chi connectivity index (χ0) is 30.9. The van der Waals surface area contributed by atoms with Crippen molar-refractivity contribution in [3.63, 3.8) is 0 Å². The van der Waals surface area contributed by atoms with Crippen molar-refractivity contribution >= 4 is 54.8 Å². The van der Waals surface area contributed by atoms with Crippen LogP contribution in [0.2, 0.25) is 0 Å². The fourth-order valence-corrected chi connectivity index (χ4v) is 7.23. The molecule has 0 saturated heterocycles. The molecule has 0 fully saturated rings. The molecule has 0 aliphatic carbocycles. The molecule has 0 amide bonds. The minimum atomic E-state index is 0.908. The van der Waals surface area contributed by atoms with E-state index in [2.05, 4.69) is 142 Å². The summed E-state index contributed by atoms with van der Waals surface area (Å²) in [5, 5.41) is 4.72. The summed E-state index contributed by atoms with van der Waals surface area (Å²) in [6, 6.07) is 55.9. The lowest BCUT2D eigenvalue weighted by Crippen LogP contribution is -1.94. The van der Waals surface area contributed by atoms with E-state index in [1.54, 1.807) is 0 Å². The van der Waals surface area contributed by atoms with E-state index in [1.807, 2.05) is 36.5 Å². The molecule has 47 heavy (non-hydrogen) atoms. The topological polar surface area (TPSA) is 35.9 Å². The van der Waals surface area contributed by atoms with Gasteiger partial charge in [-0.05, 0) is 90.0 Å². The van der Waals surface area contributed by atoms with Gasteiger partial charge in [0.25, 0.3) is 0 Å². The van der Waals surface area contributed by atoms with Crippen LogP contribution in [0.5, 0.6) is 0 Å². The van der Waals surface area contributed by atoms with Crippen molar-refractivity contribution in [3.8, 4) is 33.8 Å². The lowest BCUT2D eigenvalue weighted by atomic mass is 10.0. The summed E-state index contributed by atoms with van der Waals surface area (Å²) < 4.78 is 11.1. The molecule has 4 heterocycles. The van der Waals surface area contributed by atoms with E-state index in [-0.39, 0.29) is 0 Å². The molecule has 6 aromatic carbocycles. The predicted octanol–water partition coefficient (Wildman–Crippen LogP) is 11.4. The Labute approximate surface area is 270 Å². The van der Waals surface area contributed by atoms with E-state index in [9.17, 15) is 0 Å². The van der Waals surface area contributed by atoms with E-state index < -0.39 is 0 Å². The largest absolute Gasteiger partial charge is 0.454 e. The number of hydrogen-bond acceptors (Lipinski definition) is 2. The maximum atomic E-state index is 6.37. The average Bonchev–Trinajstić information content (AvgIpc) is 3.79. The first-order valence-corrected chi connectivity index (χ1v) is 15.9. The van der Waals surface area contributed by atoms with Gasteiger partial charge >= 0.3 is 0 Å². The van der Waals surface area contributed by atoms with Crippen LogP contribution < -0.4 is 0 Å². The molecule has 10 rings (SSSR count). The minimum Gasteiger partial charge on any atom is -0.454 e. The van der Waals surface area contributed by atoms with Gasteiger partial charge in [-0.25, -0.2) is 0 Å². The highest BCUT2D eigenvalue weighted by Gasteiger charge is 2.19. The summed E-state index contributed by atoms with van der Waals surface area (Å²) in [5.74, 6) is 0. The summed E-state index contributed by atoms with van der Waals surface area (Å²) in [7, 11) is 0. The second-order valence-electron chi connectivity index (χ2n) is 12.0. The molecular formula is C43H27N3O. The van der Waals surface area contributed by atoms with Crippen LogP contribution in [-0.4, -0.2) is 14.1 Å². The third-order valence-electron chi connectivity index (χ3n) is 9.40. The maximum Gasteiger partial charge on any atom is 0.161 e. The Hall–Kier alpha value is -6.39. The van der Waals surface area contributed by atoms with Gasteiger partial charge in [-0.1, -0.05) is 78.9 Å². The van der Waals surface area contributed by atoms with E-state index in [0.717, 1.165) is 55.6 Å². The van der Waals surface area contributed by atoms with Crippen LogP contribution in [0.4, 0.5) is 0 Å². The molecule has 4 nitrogen and oxygen atoms in total. The Morgan fingerprint density at radius 3 is 1.79 bits per heavy atom.